The number of anilines is 3. The highest BCUT2D eigenvalue weighted by molar-refractivity contribution is 7.19. The highest BCUT2D eigenvalue weighted by Gasteiger charge is 2.22. The molecular formula is C16H20ClN5O2S. The molecule has 1 aliphatic rings. The minimum Gasteiger partial charge on any atom is -0.495 e. The van der Waals surface area contributed by atoms with Crippen LogP contribution in [0.1, 0.15) is 26.2 Å². The Morgan fingerprint density at radius 1 is 1.36 bits per heavy atom. The summed E-state index contributed by atoms with van der Waals surface area (Å²) >= 11 is 7.34. The Kier molecular flexibility index (Phi) is 5.60. The van der Waals surface area contributed by atoms with Crippen molar-refractivity contribution >= 4 is 44.9 Å². The summed E-state index contributed by atoms with van der Waals surface area (Å²) in [7, 11) is 1.53. The molecule has 1 aliphatic heterocycles. The fourth-order valence-electron chi connectivity index (χ4n) is 2.79. The molecule has 25 heavy (non-hydrogen) atoms. The molecule has 3 rings (SSSR count). The quantitative estimate of drug-likeness (QED) is 0.828. The zero-order valence-electron chi connectivity index (χ0n) is 14.1. The number of nitrogens with one attached hydrogen (secondary N) is 2. The molecule has 0 bridgehead atoms. The third kappa shape index (κ3) is 4.32. The predicted molar refractivity (Wildman–Crippen MR) is 101 cm³/mol. The van der Waals surface area contributed by atoms with E-state index in [1.807, 2.05) is 0 Å². The monoisotopic (exact) mass is 381 g/mol. The molecule has 0 unspecified atom stereocenters. The van der Waals surface area contributed by atoms with Gasteiger partial charge in [0.15, 0.2) is 0 Å². The molecule has 0 spiro atoms. The minimum absolute atomic E-state index is 0.421. The Labute approximate surface area is 155 Å². The van der Waals surface area contributed by atoms with Crippen LogP contribution in [0.5, 0.6) is 5.75 Å². The lowest BCUT2D eigenvalue weighted by Crippen LogP contribution is -2.37. The zero-order valence-corrected chi connectivity index (χ0v) is 15.7. The van der Waals surface area contributed by atoms with Crippen LogP contribution in [0.4, 0.5) is 20.7 Å². The molecule has 0 radical (unpaired) electrons. The van der Waals surface area contributed by atoms with E-state index in [0.717, 1.165) is 24.5 Å². The van der Waals surface area contributed by atoms with Crippen molar-refractivity contribution in [3.05, 3.63) is 23.2 Å². The third-order valence-electron chi connectivity index (χ3n) is 4.09. The summed E-state index contributed by atoms with van der Waals surface area (Å²) in [5.41, 5.74) is 0.488. The van der Waals surface area contributed by atoms with E-state index in [-0.39, 0.29) is 0 Å². The van der Waals surface area contributed by atoms with Crippen molar-refractivity contribution in [2.45, 2.75) is 32.2 Å². The van der Waals surface area contributed by atoms with Crippen molar-refractivity contribution in [3.8, 4) is 5.75 Å². The molecule has 2 aromatic rings. The van der Waals surface area contributed by atoms with Crippen LogP contribution in [0.2, 0.25) is 5.02 Å². The lowest BCUT2D eigenvalue weighted by atomic mass is 10.1. The fraction of sp³-hybridized carbons (Fsp3) is 0.438. The number of piperidine rings is 1. The number of amides is 2. The Hall–Kier alpha value is -2.06. The topological polar surface area (TPSA) is 79.4 Å². The van der Waals surface area contributed by atoms with Crippen molar-refractivity contribution in [3.63, 3.8) is 0 Å². The summed E-state index contributed by atoms with van der Waals surface area (Å²) in [6.45, 7) is 3.16. The number of hydrogen-bond donors (Lipinski definition) is 2. The molecule has 9 heteroatoms. The van der Waals surface area contributed by atoms with Crippen LogP contribution in [0.15, 0.2) is 18.2 Å². The van der Waals surface area contributed by atoms with Crippen molar-refractivity contribution in [2.75, 3.05) is 29.2 Å². The largest absolute Gasteiger partial charge is 0.495 e. The van der Waals surface area contributed by atoms with E-state index in [0.29, 0.717) is 27.6 Å². The lowest BCUT2D eigenvalue weighted by molar-refractivity contribution is 0.262. The van der Waals surface area contributed by atoms with Gasteiger partial charge in [0.05, 0.1) is 12.8 Å². The molecule has 0 aliphatic carbocycles. The lowest BCUT2D eigenvalue weighted by Gasteiger charge is -2.32. The van der Waals surface area contributed by atoms with Crippen LogP contribution in [0.3, 0.4) is 0 Å². The number of rotatable bonds is 4. The van der Waals surface area contributed by atoms with Crippen LogP contribution in [0, 0.1) is 0 Å². The molecule has 1 atom stereocenters. The average Bonchev–Trinajstić information content (AvgIpc) is 3.03. The van der Waals surface area contributed by atoms with E-state index < -0.39 is 6.03 Å². The van der Waals surface area contributed by atoms with Gasteiger partial charge in [0.2, 0.25) is 10.3 Å². The number of nitrogens with zero attached hydrogens (tertiary/aromatic N) is 3. The van der Waals surface area contributed by atoms with Crippen LogP contribution >= 0.6 is 22.9 Å². The second-order valence-corrected chi connectivity index (χ2v) is 7.24. The molecule has 2 heterocycles. The van der Waals surface area contributed by atoms with Gasteiger partial charge in [-0.3, -0.25) is 5.32 Å². The summed E-state index contributed by atoms with van der Waals surface area (Å²) in [6.07, 6.45) is 3.55. The first-order valence-corrected chi connectivity index (χ1v) is 9.28. The molecule has 1 aromatic carbocycles. The SMILES string of the molecule is COc1ccc(Cl)cc1NC(=O)Nc1nnc(N2CCCC[C@@H]2C)s1. The van der Waals surface area contributed by atoms with E-state index >= 15 is 0 Å². The van der Waals surface area contributed by atoms with Crippen molar-refractivity contribution in [1.82, 2.24) is 10.2 Å². The van der Waals surface area contributed by atoms with Crippen molar-refractivity contribution < 1.29 is 9.53 Å². The molecule has 7 nitrogen and oxygen atoms in total. The predicted octanol–water partition coefficient (Wildman–Crippen LogP) is 4.22. The van der Waals surface area contributed by atoms with Gasteiger partial charge in [-0.25, -0.2) is 4.79 Å². The highest BCUT2D eigenvalue weighted by Crippen LogP contribution is 2.30. The number of hydrogen-bond acceptors (Lipinski definition) is 6. The summed E-state index contributed by atoms with van der Waals surface area (Å²) in [5, 5.41) is 15.5. The first-order valence-electron chi connectivity index (χ1n) is 8.08. The van der Waals surface area contributed by atoms with Crippen molar-refractivity contribution in [1.29, 1.82) is 0 Å². The summed E-state index contributed by atoms with van der Waals surface area (Å²) in [5.74, 6) is 0.527. The fourth-order valence-corrected chi connectivity index (χ4v) is 3.83. The molecule has 2 N–H and O–H groups in total. The van der Waals surface area contributed by atoms with E-state index in [2.05, 4.69) is 32.7 Å². The highest BCUT2D eigenvalue weighted by atomic mass is 35.5. The second kappa shape index (κ2) is 7.88. The van der Waals surface area contributed by atoms with Crippen LogP contribution in [0.25, 0.3) is 0 Å². The number of methoxy groups -OCH3 is 1. The second-order valence-electron chi connectivity index (χ2n) is 5.85. The normalized spacial score (nSPS) is 17.2. The Morgan fingerprint density at radius 2 is 2.20 bits per heavy atom. The maximum absolute atomic E-state index is 12.2. The van der Waals surface area contributed by atoms with Crippen LogP contribution in [-0.2, 0) is 0 Å². The number of aromatic nitrogens is 2. The maximum atomic E-state index is 12.2. The minimum atomic E-state index is -0.421. The molecule has 1 fully saturated rings. The molecule has 0 saturated carbocycles. The maximum Gasteiger partial charge on any atom is 0.325 e. The number of benzene rings is 1. The van der Waals surface area contributed by atoms with E-state index in [4.69, 9.17) is 16.3 Å². The molecule has 1 saturated heterocycles. The number of ether oxygens (including phenoxy) is 1. The van der Waals surface area contributed by atoms with Gasteiger partial charge in [-0.05, 0) is 44.4 Å². The summed E-state index contributed by atoms with van der Waals surface area (Å²) < 4.78 is 5.21. The molecule has 1 aromatic heterocycles. The number of carbonyl (C=O) groups excluding carboxylic acids is 1. The van der Waals surface area contributed by atoms with Gasteiger partial charge in [-0.1, -0.05) is 22.9 Å². The third-order valence-corrected chi connectivity index (χ3v) is 5.20. The Balaban J connectivity index is 1.65. The first-order chi connectivity index (χ1) is 12.1. The Bertz CT molecular complexity index is 754. The van der Waals surface area contributed by atoms with Gasteiger partial charge in [0, 0.05) is 17.6 Å². The smallest absolute Gasteiger partial charge is 0.325 e. The van der Waals surface area contributed by atoms with Gasteiger partial charge < -0.3 is 15.0 Å². The van der Waals surface area contributed by atoms with E-state index in [9.17, 15) is 4.79 Å². The van der Waals surface area contributed by atoms with Gasteiger partial charge in [-0.2, -0.15) is 0 Å². The molecule has 134 valence electrons. The summed E-state index contributed by atoms with van der Waals surface area (Å²) in [4.78, 5) is 14.5. The van der Waals surface area contributed by atoms with Gasteiger partial charge in [-0.15, -0.1) is 10.2 Å². The molecular weight excluding hydrogens is 362 g/mol. The van der Waals surface area contributed by atoms with Gasteiger partial charge in [0.1, 0.15) is 5.75 Å². The first kappa shape index (κ1) is 17.8. The summed E-state index contributed by atoms with van der Waals surface area (Å²) in [6, 6.07) is 5.04. The van der Waals surface area contributed by atoms with Crippen LogP contribution in [-0.4, -0.2) is 35.9 Å². The van der Waals surface area contributed by atoms with Crippen molar-refractivity contribution in [2.24, 2.45) is 0 Å². The molecule has 2 amide bonds. The van der Waals surface area contributed by atoms with E-state index in [1.54, 1.807) is 18.2 Å². The van der Waals surface area contributed by atoms with Gasteiger partial charge >= 0.3 is 6.03 Å². The number of carbonyl (C=O) groups is 1. The number of halogens is 1. The average molecular weight is 382 g/mol. The Morgan fingerprint density at radius 3 is 2.96 bits per heavy atom. The number of urea groups is 1. The van der Waals surface area contributed by atoms with Gasteiger partial charge in [0.25, 0.3) is 0 Å². The van der Waals surface area contributed by atoms with E-state index in [1.165, 1.54) is 24.9 Å². The standard InChI is InChI=1S/C16H20ClN5O2S/c1-10-5-3-4-8-22(10)16-21-20-15(25-16)19-14(23)18-12-9-11(17)6-7-13(12)24-2/h6-7,9-10H,3-5,8H2,1-2H3,(H2,18,19,20,23)/t10-/m0/s1. The van der Waals surface area contributed by atoms with Crippen LogP contribution < -0.4 is 20.3 Å². The zero-order chi connectivity index (χ0) is 17.8.